The van der Waals surface area contributed by atoms with Crippen molar-refractivity contribution in [1.29, 1.82) is 0 Å². The van der Waals surface area contributed by atoms with Crippen LogP contribution in [0, 0.1) is 6.92 Å². The van der Waals surface area contributed by atoms with Gasteiger partial charge in [-0.25, -0.2) is 0 Å². The van der Waals surface area contributed by atoms with Gasteiger partial charge in [-0.2, -0.15) is 8.78 Å². The number of aryl methyl sites for hydroxylation is 2. The monoisotopic (exact) mass is 262 g/mol. The third-order valence-electron chi connectivity index (χ3n) is 2.95. The average Bonchev–Trinajstić information content (AvgIpc) is 2.71. The lowest BCUT2D eigenvalue weighted by atomic mass is 10.0. The van der Waals surface area contributed by atoms with Crippen LogP contribution in [0.2, 0.25) is 0 Å². The molecule has 18 heavy (non-hydrogen) atoms. The Balaban J connectivity index is 2.28. The van der Waals surface area contributed by atoms with E-state index in [2.05, 4.69) is 0 Å². The molecule has 1 unspecified atom stereocenters. The third-order valence-corrected chi connectivity index (χ3v) is 3.57. The van der Waals surface area contributed by atoms with E-state index in [0.29, 0.717) is 11.5 Å². The molecule has 0 saturated heterocycles. The molecule has 92 valence electrons. The molecular formula is C13H12NO3S+. The number of hydrogen-bond donors (Lipinski definition) is 0. The Hall–Kier alpha value is -1.88. The molecule has 4 nitrogen and oxygen atoms in total. The quantitative estimate of drug-likeness (QED) is 0.736. The van der Waals surface area contributed by atoms with Gasteiger partial charge in [0.25, 0.3) is 11.4 Å². The van der Waals surface area contributed by atoms with Crippen molar-refractivity contribution in [2.45, 2.75) is 6.92 Å². The molecule has 3 rings (SSSR count). The molecular weight excluding hydrogens is 250 g/mol. The SMILES string of the molecule is Cc1ccccc1-c1c2c(cc[n+]1C)OS(=O)O2. The molecule has 0 aliphatic carbocycles. The minimum atomic E-state index is -1.73. The van der Waals surface area contributed by atoms with Gasteiger partial charge in [-0.1, -0.05) is 18.2 Å². The van der Waals surface area contributed by atoms with E-state index in [4.69, 9.17) is 8.37 Å². The van der Waals surface area contributed by atoms with Crippen molar-refractivity contribution in [3.05, 3.63) is 42.1 Å². The molecule has 1 aliphatic rings. The standard InChI is InChI=1S/C13H12NO3S/c1-9-5-3-4-6-10(9)12-13-11(7-8-14(12)2)16-18(15)17-13/h3-8H,1-2H3/q+1. The van der Waals surface area contributed by atoms with Crippen LogP contribution < -0.4 is 12.9 Å². The van der Waals surface area contributed by atoms with E-state index in [0.717, 1.165) is 16.8 Å². The van der Waals surface area contributed by atoms with Gasteiger partial charge in [0.2, 0.25) is 0 Å². The van der Waals surface area contributed by atoms with Gasteiger partial charge >= 0.3 is 11.4 Å². The molecule has 5 heteroatoms. The van der Waals surface area contributed by atoms with Gasteiger partial charge in [-0.3, -0.25) is 0 Å². The number of aromatic nitrogens is 1. The van der Waals surface area contributed by atoms with Gasteiger partial charge in [0.15, 0.2) is 11.9 Å². The number of benzene rings is 1. The summed E-state index contributed by atoms with van der Waals surface area (Å²) < 4.78 is 23.6. The molecule has 0 N–H and O–H groups in total. The molecule has 0 fully saturated rings. The maximum atomic E-state index is 11.3. The van der Waals surface area contributed by atoms with Crippen molar-refractivity contribution >= 4 is 11.4 Å². The van der Waals surface area contributed by atoms with Crippen molar-refractivity contribution in [2.75, 3.05) is 0 Å². The molecule has 0 saturated carbocycles. The predicted molar refractivity (Wildman–Crippen MR) is 67.2 cm³/mol. The van der Waals surface area contributed by atoms with E-state index >= 15 is 0 Å². The Morgan fingerprint density at radius 3 is 2.72 bits per heavy atom. The van der Waals surface area contributed by atoms with Crippen LogP contribution in [-0.4, -0.2) is 4.21 Å². The summed E-state index contributed by atoms with van der Waals surface area (Å²) in [5, 5.41) is 0. The van der Waals surface area contributed by atoms with Crippen molar-refractivity contribution in [1.82, 2.24) is 0 Å². The third kappa shape index (κ3) is 1.67. The van der Waals surface area contributed by atoms with E-state index in [1.807, 2.05) is 49.0 Å². The second-order valence-corrected chi connectivity index (χ2v) is 4.90. The second kappa shape index (κ2) is 4.10. The van der Waals surface area contributed by atoms with Crippen molar-refractivity contribution < 1.29 is 17.1 Å². The Bertz CT molecular complexity index is 655. The lowest BCUT2D eigenvalue weighted by Gasteiger charge is -2.05. The highest BCUT2D eigenvalue weighted by Crippen LogP contribution is 2.40. The highest BCUT2D eigenvalue weighted by Gasteiger charge is 2.32. The number of fused-ring (bicyclic) bond motifs is 1. The topological polar surface area (TPSA) is 39.4 Å². The molecule has 1 aromatic heterocycles. The van der Waals surface area contributed by atoms with Gasteiger partial charge in [-0.15, -0.1) is 0 Å². The smallest absolute Gasteiger partial charge is 0.367 e. The maximum absolute atomic E-state index is 11.3. The highest BCUT2D eigenvalue weighted by atomic mass is 32.2. The second-order valence-electron chi connectivity index (χ2n) is 4.15. The molecule has 2 aromatic rings. The zero-order chi connectivity index (χ0) is 12.7. The van der Waals surface area contributed by atoms with E-state index in [-0.39, 0.29) is 0 Å². The van der Waals surface area contributed by atoms with Crippen LogP contribution in [0.25, 0.3) is 11.3 Å². The van der Waals surface area contributed by atoms with Crippen LogP contribution in [0.5, 0.6) is 11.5 Å². The van der Waals surface area contributed by atoms with E-state index < -0.39 is 11.4 Å². The zero-order valence-corrected chi connectivity index (χ0v) is 10.9. The van der Waals surface area contributed by atoms with Crippen LogP contribution in [-0.2, 0) is 18.4 Å². The number of hydrogen-bond acceptors (Lipinski definition) is 3. The van der Waals surface area contributed by atoms with Crippen LogP contribution >= 0.6 is 0 Å². The van der Waals surface area contributed by atoms with E-state index in [1.54, 1.807) is 6.07 Å². The minimum absolute atomic E-state index is 0.518. The van der Waals surface area contributed by atoms with Gasteiger partial charge in [-0.05, 0) is 18.6 Å². The zero-order valence-electron chi connectivity index (χ0n) is 10.0. The first-order valence-corrected chi connectivity index (χ1v) is 6.54. The van der Waals surface area contributed by atoms with Crippen LogP contribution in [0.15, 0.2) is 36.5 Å². The maximum Gasteiger partial charge on any atom is 0.418 e. The van der Waals surface area contributed by atoms with E-state index in [1.165, 1.54) is 0 Å². The summed E-state index contributed by atoms with van der Waals surface area (Å²) in [6, 6.07) is 9.74. The lowest BCUT2D eigenvalue weighted by Crippen LogP contribution is -2.30. The first kappa shape index (κ1) is 11.2. The first-order valence-electron chi connectivity index (χ1n) is 5.54. The predicted octanol–water partition coefficient (Wildman–Crippen LogP) is 1.84. The number of pyridine rings is 1. The summed E-state index contributed by atoms with van der Waals surface area (Å²) in [5.41, 5.74) is 3.04. The van der Waals surface area contributed by atoms with Crippen LogP contribution in [0.1, 0.15) is 5.56 Å². The van der Waals surface area contributed by atoms with Gasteiger partial charge in [0.05, 0.1) is 11.6 Å². The fourth-order valence-corrected chi connectivity index (χ4v) is 2.67. The summed E-state index contributed by atoms with van der Waals surface area (Å²) in [7, 11) is 1.92. The van der Waals surface area contributed by atoms with Crippen molar-refractivity contribution in [3.63, 3.8) is 0 Å². The fraction of sp³-hybridized carbons (Fsp3) is 0.154. The van der Waals surface area contributed by atoms with Crippen LogP contribution in [0.3, 0.4) is 0 Å². The average molecular weight is 262 g/mol. The minimum Gasteiger partial charge on any atom is -0.367 e. The Kier molecular flexibility index (Phi) is 2.56. The molecule has 0 amide bonds. The molecule has 0 radical (unpaired) electrons. The summed E-state index contributed by atoms with van der Waals surface area (Å²) in [6.45, 7) is 2.03. The van der Waals surface area contributed by atoms with Gasteiger partial charge in [0, 0.05) is 0 Å². The molecule has 0 bridgehead atoms. The van der Waals surface area contributed by atoms with Crippen molar-refractivity contribution in [2.24, 2.45) is 7.05 Å². The van der Waals surface area contributed by atoms with Gasteiger partial charge < -0.3 is 8.37 Å². The fourth-order valence-electron chi connectivity index (χ4n) is 2.06. The first-order chi connectivity index (χ1) is 8.66. The molecule has 1 aromatic carbocycles. The largest absolute Gasteiger partial charge is 0.418 e. The molecule has 1 aliphatic heterocycles. The number of nitrogens with zero attached hydrogens (tertiary/aromatic N) is 1. The Labute approximate surface area is 108 Å². The number of rotatable bonds is 1. The van der Waals surface area contributed by atoms with E-state index in [9.17, 15) is 4.21 Å². The summed E-state index contributed by atoms with van der Waals surface area (Å²) in [4.78, 5) is 0. The molecule has 2 heterocycles. The lowest BCUT2D eigenvalue weighted by molar-refractivity contribution is -0.660. The summed E-state index contributed by atoms with van der Waals surface area (Å²) in [6.07, 6.45) is 1.87. The molecule has 0 spiro atoms. The normalized spacial score (nSPS) is 16.9. The molecule has 1 atom stereocenters. The Morgan fingerprint density at radius 1 is 1.17 bits per heavy atom. The summed E-state index contributed by atoms with van der Waals surface area (Å²) >= 11 is -1.73. The highest BCUT2D eigenvalue weighted by molar-refractivity contribution is 7.76. The van der Waals surface area contributed by atoms with Crippen LogP contribution in [0.4, 0.5) is 0 Å². The van der Waals surface area contributed by atoms with Gasteiger partial charge in [0.1, 0.15) is 7.05 Å². The van der Waals surface area contributed by atoms with Crippen molar-refractivity contribution in [3.8, 4) is 22.8 Å². The Morgan fingerprint density at radius 2 is 1.94 bits per heavy atom. The summed E-state index contributed by atoms with van der Waals surface area (Å²) in [5.74, 6) is 1.05.